The number of likely N-dealkylation sites (N-methyl/N-ethyl adjacent to an activating group) is 1. The molecule has 5 heteroatoms. The second-order valence-corrected chi connectivity index (χ2v) is 5.06. The van der Waals surface area contributed by atoms with Gasteiger partial charge in [0.05, 0.1) is 12.6 Å². The number of hydrogen-bond donors (Lipinski definition) is 1. The van der Waals surface area contributed by atoms with Gasteiger partial charge in [0, 0.05) is 7.05 Å². The maximum absolute atomic E-state index is 12.7. The normalized spacial score (nSPS) is 18.6. The number of carbonyl (C=O) groups is 1. The molecule has 0 saturated carbocycles. The Morgan fingerprint density at radius 1 is 1.40 bits per heavy atom. The molecular weight excluding hydrogens is 259 g/mol. The van der Waals surface area contributed by atoms with Crippen molar-refractivity contribution in [1.82, 2.24) is 10.2 Å². The standard InChI is InChI=1S/C15H21FN2O2/c1-18(15(19)14-4-2-3-9-17-14)10-11-20-13-7-5-12(16)6-8-13/h5-8,14,17H,2-4,9-11H2,1H3/t14-/m1/s1. The number of carbonyl (C=O) groups excluding carboxylic acids is 1. The first-order valence-electron chi connectivity index (χ1n) is 7.03. The molecule has 0 unspecified atom stereocenters. The summed E-state index contributed by atoms with van der Waals surface area (Å²) in [5.41, 5.74) is 0. The van der Waals surface area contributed by atoms with Gasteiger partial charge in [-0.3, -0.25) is 4.79 Å². The summed E-state index contributed by atoms with van der Waals surface area (Å²) in [7, 11) is 1.78. The third-order valence-electron chi connectivity index (χ3n) is 3.49. The Morgan fingerprint density at radius 2 is 2.15 bits per heavy atom. The topological polar surface area (TPSA) is 41.6 Å². The van der Waals surface area contributed by atoms with Gasteiger partial charge in [-0.05, 0) is 43.7 Å². The van der Waals surface area contributed by atoms with Crippen LogP contribution in [-0.2, 0) is 4.79 Å². The summed E-state index contributed by atoms with van der Waals surface area (Å²) in [6, 6.07) is 5.82. The van der Waals surface area contributed by atoms with Gasteiger partial charge >= 0.3 is 0 Å². The van der Waals surface area contributed by atoms with Gasteiger partial charge in [0.15, 0.2) is 0 Å². The number of halogens is 1. The second kappa shape index (κ2) is 7.24. The van der Waals surface area contributed by atoms with Crippen LogP contribution >= 0.6 is 0 Å². The van der Waals surface area contributed by atoms with Crippen LogP contribution in [0.3, 0.4) is 0 Å². The molecule has 20 heavy (non-hydrogen) atoms. The van der Waals surface area contributed by atoms with Crippen molar-refractivity contribution in [3.8, 4) is 5.75 Å². The van der Waals surface area contributed by atoms with Gasteiger partial charge in [0.25, 0.3) is 0 Å². The molecule has 1 aliphatic heterocycles. The largest absolute Gasteiger partial charge is 0.492 e. The minimum absolute atomic E-state index is 0.0560. The number of nitrogens with one attached hydrogen (secondary N) is 1. The third-order valence-corrected chi connectivity index (χ3v) is 3.49. The van der Waals surface area contributed by atoms with Gasteiger partial charge in [-0.15, -0.1) is 0 Å². The van der Waals surface area contributed by atoms with Crippen molar-refractivity contribution in [2.45, 2.75) is 25.3 Å². The molecule has 1 saturated heterocycles. The van der Waals surface area contributed by atoms with E-state index in [1.165, 1.54) is 12.1 Å². The van der Waals surface area contributed by atoms with Crippen LogP contribution in [0.5, 0.6) is 5.75 Å². The van der Waals surface area contributed by atoms with Crippen LogP contribution in [0.2, 0.25) is 0 Å². The highest BCUT2D eigenvalue weighted by atomic mass is 19.1. The van der Waals surface area contributed by atoms with Crippen LogP contribution in [0.1, 0.15) is 19.3 Å². The van der Waals surface area contributed by atoms with Crippen LogP contribution in [0.4, 0.5) is 4.39 Å². The smallest absolute Gasteiger partial charge is 0.239 e. The molecule has 1 N–H and O–H groups in total. The number of benzene rings is 1. The summed E-state index contributed by atoms with van der Waals surface area (Å²) in [6.07, 6.45) is 3.15. The molecule has 0 spiro atoms. The molecule has 1 fully saturated rings. The molecule has 1 heterocycles. The second-order valence-electron chi connectivity index (χ2n) is 5.06. The van der Waals surface area contributed by atoms with E-state index in [9.17, 15) is 9.18 Å². The molecule has 2 rings (SSSR count). The monoisotopic (exact) mass is 280 g/mol. The SMILES string of the molecule is CN(CCOc1ccc(F)cc1)C(=O)[C@H]1CCCCN1. The molecule has 0 aliphatic carbocycles. The Kier molecular flexibility index (Phi) is 5.35. The first-order chi connectivity index (χ1) is 9.66. The number of piperidine rings is 1. The van der Waals surface area contributed by atoms with Crippen LogP contribution < -0.4 is 10.1 Å². The average molecular weight is 280 g/mol. The van der Waals surface area contributed by atoms with Gasteiger partial charge in [0.1, 0.15) is 18.2 Å². The van der Waals surface area contributed by atoms with Gasteiger partial charge < -0.3 is 15.0 Å². The Morgan fingerprint density at radius 3 is 2.80 bits per heavy atom. The van der Waals surface area contributed by atoms with E-state index in [0.717, 1.165) is 25.8 Å². The zero-order valence-corrected chi connectivity index (χ0v) is 11.8. The van der Waals surface area contributed by atoms with Crippen molar-refractivity contribution in [3.05, 3.63) is 30.1 Å². The van der Waals surface area contributed by atoms with Crippen molar-refractivity contribution in [3.63, 3.8) is 0 Å². The van der Waals surface area contributed by atoms with E-state index < -0.39 is 0 Å². The zero-order valence-electron chi connectivity index (χ0n) is 11.8. The number of amides is 1. The van der Waals surface area contributed by atoms with Gasteiger partial charge in [-0.25, -0.2) is 4.39 Å². The van der Waals surface area contributed by atoms with Crippen LogP contribution in [-0.4, -0.2) is 43.6 Å². The number of rotatable bonds is 5. The van der Waals surface area contributed by atoms with Crippen LogP contribution in [0.15, 0.2) is 24.3 Å². The van der Waals surface area contributed by atoms with Gasteiger partial charge in [-0.2, -0.15) is 0 Å². The Hall–Kier alpha value is -1.62. The van der Waals surface area contributed by atoms with Crippen molar-refractivity contribution >= 4 is 5.91 Å². The fourth-order valence-corrected chi connectivity index (χ4v) is 2.27. The Balaban J connectivity index is 1.72. The highest BCUT2D eigenvalue weighted by Crippen LogP contribution is 2.12. The van der Waals surface area contributed by atoms with E-state index in [0.29, 0.717) is 18.9 Å². The summed E-state index contributed by atoms with van der Waals surface area (Å²) < 4.78 is 18.2. The fraction of sp³-hybridized carbons (Fsp3) is 0.533. The summed E-state index contributed by atoms with van der Waals surface area (Å²) in [4.78, 5) is 13.8. The van der Waals surface area contributed by atoms with E-state index in [1.54, 1.807) is 24.1 Å². The molecular formula is C15H21FN2O2. The van der Waals surface area contributed by atoms with Crippen molar-refractivity contribution in [2.24, 2.45) is 0 Å². The molecule has 4 nitrogen and oxygen atoms in total. The summed E-state index contributed by atoms with van der Waals surface area (Å²) in [5.74, 6) is 0.448. The zero-order chi connectivity index (χ0) is 14.4. The van der Waals surface area contributed by atoms with Crippen LogP contribution in [0, 0.1) is 5.82 Å². The van der Waals surface area contributed by atoms with Gasteiger partial charge in [-0.1, -0.05) is 6.42 Å². The fourth-order valence-electron chi connectivity index (χ4n) is 2.27. The molecule has 0 radical (unpaired) electrons. The molecule has 1 aromatic carbocycles. The minimum Gasteiger partial charge on any atom is -0.492 e. The molecule has 0 aromatic heterocycles. The first kappa shape index (κ1) is 14.8. The van der Waals surface area contributed by atoms with Gasteiger partial charge in [0.2, 0.25) is 5.91 Å². The maximum atomic E-state index is 12.7. The summed E-state index contributed by atoms with van der Waals surface area (Å²) in [5, 5.41) is 3.24. The molecule has 1 amide bonds. The lowest BCUT2D eigenvalue weighted by Crippen LogP contribution is -2.48. The lowest BCUT2D eigenvalue weighted by atomic mass is 10.0. The van der Waals surface area contributed by atoms with E-state index in [4.69, 9.17) is 4.74 Å². The quantitative estimate of drug-likeness (QED) is 0.894. The lowest BCUT2D eigenvalue weighted by molar-refractivity contribution is -0.133. The van der Waals surface area contributed by atoms with Crippen molar-refractivity contribution in [2.75, 3.05) is 26.7 Å². The number of nitrogens with zero attached hydrogens (tertiary/aromatic N) is 1. The predicted molar refractivity (Wildman–Crippen MR) is 75.2 cm³/mol. The molecule has 110 valence electrons. The minimum atomic E-state index is -0.284. The Bertz CT molecular complexity index is 430. The molecule has 1 aliphatic rings. The highest BCUT2D eigenvalue weighted by Gasteiger charge is 2.23. The number of hydrogen-bond acceptors (Lipinski definition) is 3. The van der Waals surface area contributed by atoms with Crippen molar-refractivity contribution < 1.29 is 13.9 Å². The van der Waals surface area contributed by atoms with E-state index in [2.05, 4.69) is 5.32 Å². The van der Waals surface area contributed by atoms with Crippen molar-refractivity contribution in [1.29, 1.82) is 0 Å². The van der Waals surface area contributed by atoms with E-state index >= 15 is 0 Å². The third kappa shape index (κ3) is 4.20. The van der Waals surface area contributed by atoms with E-state index in [1.807, 2.05) is 0 Å². The summed E-state index contributed by atoms with van der Waals surface area (Å²) >= 11 is 0. The molecule has 1 aromatic rings. The first-order valence-corrected chi connectivity index (χ1v) is 7.03. The lowest BCUT2D eigenvalue weighted by Gasteiger charge is -2.27. The molecule has 1 atom stereocenters. The predicted octanol–water partition coefficient (Wildman–Crippen LogP) is 1.80. The maximum Gasteiger partial charge on any atom is 0.239 e. The molecule has 0 bridgehead atoms. The Labute approximate surface area is 118 Å². The number of ether oxygens (including phenoxy) is 1. The summed E-state index contributed by atoms with van der Waals surface area (Å²) in [6.45, 7) is 1.84. The average Bonchev–Trinajstić information content (AvgIpc) is 2.49. The van der Waals surface area contributed by atoms with Crippen LogP contribution in [0.25, 0.3) is 0 Å². The van der Waals surface area contributed by atoms with E-state index in [-0.39, 0.29) is 17.8 Å². The highest BCUT2D eigenvalue weighted by molar-refractivity contribution is 5.81.